The lowest BCUT2D eigenvalue weighted by molar-refractivity contribution is 0.643. The normalized spacial score (nSPS) is 26.6. The first-order valence-electron chi connectivity index (χ1n) is 14.6. The molecule has 1 rings (SSSR count). The molecular formula is C27H68Si8. The maximum atomic E-state index is 3.19. The molecule has 0 bridgehead atoms. The number of hydrogen-bond donors (Lipinski definition) is 0. The Bertz CT molecular complexity index is 744. The first-order chi connectivity index (χ1) is 14.8. The summed E-state index contributed by atoms with van der Waals surface area (Å²) in [6.45, 7) is 57.1. The van der Waals surface area contributed by atoms with Crippen molar-refractivity contribution in [2.24, 2.45) is 0 Å². The molecule has 0 aromatic carbocycles. The lowest BCUT2D eigenvalue weighted by Gasteiger charge is -2.66. The van der Waals surface area contributed by atoms with Gasteiger partial charge in [0.05, 0.1) is 22.8 Å². The summed E-state index contributed by atoms with van der Waals surface area (Å²) in [4.78, 5) is 0. The molecule has 1 aliphatic rings. The first kappa shape index (κ1) is 34.5. The lowest BCUT2D eigenvalue weighted by atomic mass is 10.0. The van der Waals surface area contributed by atoms with Crippen LogP contribution in [-0.2, 0) is 0 Å². The van der Waals surface area contributed by atoms with Gasteiger partial charge in [-0.3, -0.25) is 0 Å². The molecule has 0 amide bonds. The zero-order valence-electron chi connectivity index (χ0n) is 28.4. The Kier molecular flexibility index (Phi) is 9.70. The minimum atomic E-state index is -1.63. The Morgan fingerprint density at radius 3 is 0.914 bits per heavy atom. The molecule has 0 spiro atoms. The predicted octanol–water partition coefficient (Wildman–Crippen LogP) is 11.0. The van der Waals surface area contributed by atoms with Crippen LogP contribution in [0.1, 0.15) is 0 Å². The molecule has 208 valence electrons. The van der Waals surface area contributed by atoms with E-state index in [1.54, 1.807) is 0 Å². The van der Waals surface area contributed by atoms with E-state index in [4.69, 9.17) is 0 Å². The first-order valence-corrected chi connectivity index (χ1v) is 44.4. The fraction of sp³-hybridized carbons (Fsp3) is 0.926. The van der Waals surface area contributed by atoms with Crippen molar-refractivity contribution in [3.05, 3.63) is 11.3 Å². The van der Waals surface area contributed by atoms with Gasteiger partial charge in [0.25, 0.3) is 0 Å². The Labute approximate surface area is 231 Å². The molecule has 8 heteroatoms. The number of hydrogen-bond acceptors (Lipinski definition) is 0. The van der Waals surface area contributed by atoms with Gasteiger partial charge in [0, 0.05) is 38.9 Å². The molecule has 0 radical (unpaired) electrons. The van der Waals surface area contributed by atoms with Gasteiger partial charge < -0.3 is 0 Å². The Morgan fingerprint density at radius 1 is 0.400 bits per heavy atom. The van der Waals surface area contributed by atoms with Gasteiger partial charge in [-0.1, -0.05) is 149 Å². The summed E-state index contributed by atoms with van der Waals surface area (Å²) in [5, 5.41) is 2.24. The van der Waals surface area contributed by atoms with Crippen molar-refractivity contribution in [3.8, 4) is 0 Å². The van der Waals surface area contributed by atoms with Crippen molar-refractivity contribution in [1.29, 1.82) is 0 Å². The highest BCUT2D eigenvalue weighted by atomic mass is 29.9. The van der Waals surface area contributed by atoms with E-state index in [0.29, 0.717) is 0 Å². The highest BCUT2D eigenvalue weighted by Crippen LogP contribution is 2.67. The molecule has 0 N–H and O–H groups in total. The van der Waals surface area contributed by atoms with E-state index in [0.717, 1.165) is 22.2 Å². The molecule has 0 aromatic heterocycles. The molecule has 0 aliphatic heterocycles. The second-order valence-corrected chi connectivity index (χ2v) is 81.5. The van der Waals surface area contributed by atoms with E-state index < -0.39 is 61.7 Å². The summed E-state index contributed by atoms with van der Waals surface area (Å²) < 4.78 is 0. The minimum absolute atomic E-state index is 0.893. The second kappa shape index (κ2) is 9.84. The molecule has 4 atom stereocenters. The van der Waals surface area contributed by atoms with E-state index in [9.17, 15) is 0 Å². The van der Waals surface area contributed by atoms with Gasteiger partial charge in [0.1, 0.15) is 0 Å². The molecule has 0 nitrogen and oxygen atoms in total. The molecule has 0 aromatic rings. The van der Waals surface area contributed by atoms with Crippen molar-refractivity contribution in [2.75, 3.05) is 0 Å². The molecule has 0 fully saturated rings. The SMILES string of the molecule is C[Si](C)(C)[C@@H]1[C@H]([Si](C)(C)C)[C@H]([Si](C)(C)C)C=C([Si]([Si](C)(C)C)([Si](C)(C)C)[Si](C)(C)C)[C@@H]1[Si](C)(C)C. The third-order valence-corrected chi connectivity index (χ3v) is 92.8. The summed E-state index contributed by atoms with van der Waals surface area (Å²) >= 11 is 0. The van der Waals surface area contributed by atoms with Crippen LogP contribution in [0.3, 0.4) is 0 Å². The van der Waals surface area contributed by atoms with Crippen molar-refractivity contribution in [2.45, 2.75) is 160 Å². The molecule has 0 saturated heterocycles. The van der Waals surface area contributed by atoms with E-state index in [1.165, 1.54) is 0 Å². The minimum Gasteiger partial charge on any atom is -0.0915 e. The maximum Gasteiger partial charge on any atom is 0.0632 e. The summed E-state index contributed by atoms with van der Waals surface area (Å²) in [6, 6.07) is 0. The van der Waals surface area contributed by atoms with Crippen LogP contribution in [0.15, 0.2) is 11.3 Å². The average molecular weight is 618 g/mol. The van der Waals surface area contributed by atoms with E-state index in [1.807, 2.05) is 0 Å². The van der Waals surface area contributed by atoms with Crippen LogP contribution in [0.4, 0.5) is 0 Å². The Hall–Kier alpha value is 1.48. The van der Waals surface area contributed by atoms with Gasteiger partial charge in [-0.2, -0.15) is 0 Å². The van der Waals surface area contributed by atoms with Crippen molar-refractivity contribution in [3.63, 3.8) is 0 Å². The molecular weight excluding hydrogens is 549 g/mol. The van der Waals surface area contributed by atoms with Crippen molar-refractivity contribution >= 4 is 61.7 Å². The molecule has 0 heterocycles. The summed E-state index contributed by atoms with van der Waals surface area (Å²) in [7, 11) is -9.78. The van der Waals surface area contributed by atoms with E-state index >= 15 is 0 Å². The van der Waals surface area contributed by atoms with Crippen LogP contribution < -0.4 is 0 Å². The molecule has 0 saturated carbocycles. The zero-order chi connectivity index (χ0) is 28.6. The number of rotatable bonds is 8. The van der Waals surface area contributed by atoms with Gasteiger partial charge in [-0.25, -0.2) is 0 Å². The fourth-order valence-corrected chi connectivity index (χ4v) is 133. The topological polar surface area (TPSA) is 0 Å². The van der Waals surface area contributed by atoms with Gasteiger partial charge in [-0.05, 0) is 22.2 Å². The largest absolute Gasteiger partial charge is 0.0915 e. The van der Waals surface area contributed by atoms with Crippen LogP contribution in [-0.4, -0.2) is 61.7 Å². The van der Waals surface area contributed by atoms with Gasteiger partial charge in [0.2, 0.25) is 0 Å². The third-order valence-electron chi connectivity index (χ3n) is 9.57. The highest BCUT2D eigenvalue weighted by Gasteiger charge is 2.68. The standard InChI is InChI=1S/C27H68Si8/c1-28(2,3)23-22-24(35(32(13,14)15,33(16,17)18)34(19,20)21)26(30(7,8)9)27(31(10,11)12)25(23)29(4,5)6/h22-23,25-27H,1-21H3/t23-,25-,26+,27-/m1/s1. The van der Waals surface area contributed by atoms with Crippen LogP contribution >= 0.6 is 0 Å². The Morgan fingerprint density at radius 2 is 0.714 bits per heavy atom. The molecule has 35 heavy (non-hydrogen) atoms. The fourth-order valence-electron chi connectivity index (χ4n) is 9.97. The average Bonchev–Trinajstić information content (AvgIpc) is 2.45. The van der Waals surface area contributed by atoms with Crippen LogP contribution in [0.5, 0.6) is 0 Å². The monoisotopic (exact) mass is 616 g/mol. The summed E-state index contributed by atoms with van der Waals surface area (Å²) in [5.74, 6) is 0. The van der Waals surface area contributed by atoms with Crippen LogP contribution in [0, 0.1) is 0 Å². The van der Waals surface area contributed by atoms with E-state index in [-0.39, 0.29) is 0 Å². The summed E-state index contributed by atoms with van der Waals surface area (Å²) in [6.07, 6.45) is 3.19. The van der Waals surface area contributed by atoms with Gasteiger partial charge >= 0.3 is 0 Å². The lowest BCUT2D eigenvalue weighted by Crippen LogP contribution is -2.85. The number of allylic oxidation sites excluding steroid dienone is 2. The Balaban J connectivity index is 4.56. The highest BCUT2D eigenvalue weighted by molar-refractivity contribution is 7.91. The third kappa shape index (κ3) is 6.46. The van der Waals surface area contributed by atoms with Crippen molar-refractivity contribution < 1.29 is 0 Å². The van der Waals surface area contributed by atoms with E-state index in [2.05, 4.69) is 149 Å². The quantitative estimate of drug-likeness (QED) is 0.238. The zero-order valence-corrected chi connectivity index (χ0v) is 36.4. The maximum absolute atomic E-state index is 3.19. The predicted molar refractivity (Wildman–Crippen MR) is 192 cm³/mol. The summed E-state index contributed by atoms with van der Waals surface area (Å²) in [5.41, 5.74) is 3.81. The molecule has 1 aliphatic carbocycles. The second-order valence-electron chi connectivity index (χ2n) is 19.6. The van der Waals surface area contributed by atoms with Crippen LogP contribution in [0.2, 0.25) is 160 Å². The van der Waals surface area contributed by atoms with Gasteiger partial charge in [-0.15, -0.1) is 0 Å². The van der Waals surface area contributed by atoms with Crippen LogP contribution in [0.25, 0.3) is 0 Å². The molecule has 0 unspecified atom stereocenters. The van der Waals surface area contributed by atoms with Crippen molar-refractivity contribution in [1.82, 2.24) is 0 Å². The smallest absolute Gasteiger partial charge is 0.0632 e. The van der Waals surface area contributed by atoms with Gasteiger partial charge in [0.15, 0.2) is 0 Å².